The van der Waals surface area contributed by atoms with Crippen molar-refractivity contribution in [1.29, 1.82) is 0 Å². The van der Waals surface area contributed by atoms with E-state index in [1.165, 1.54) is 11.3 Å². The quantitative estimate of drug-likeness (QED) is 0.896. The number of anilines is 1. The van der Waals surface area contributed by atoms with Gasteiger partial charge in [-0.05, 0) is 6.07 Å². The van der Waals surface area contributed by atoms with Crippen LogP contribution in [0.4, 0.5) is 14.5 Å². The molecule has 2 aromatic rings. The van der Waals surface area contributed by atoms with Gasteiger partial charge in [0.2, 0.25) is 0 Å². The number of halogens is 2. The van der Waals surface area contributed by atoms with Gasteiger partial charge in [-0.3, -0.25) is 0 Å². The SMILES string of the molecule is O=C(O)c1cc(NCc2cscn2)c(F)cc1F. The summed E-state index contributed by atoms with van der Waals surface area (Å²) in [5.41, 5.74) is 1.68. The van der Waals surface area contributed by atoms with Crippen LogP contribution in [0.3, 0.4) is 0 Å². The van der Waals surface area contributed by atoms with Gasteiger partial charge in [-0.1, -0.05) is 0 Å². The highest BCUT2D eigenvalue weighted by Gasteiger charge is 2.15. The third-order valence-electron chi connectivity index (χ3n) is 2.23. The summed E-state index contributed by atoms with van der Waals surface area (Å²) in [7, 11) is 0. The number of thiazole rings is 1. The van der Waals surface area contributed by atoms with Crippen LogP contribution < -0.4 is 5.32 Å². The number of benzene rings is 1. The Morgan fingerprint density at radius 1 is 1.39 bits per heavy atom. The van der Waals surface area contributed by atoms with Crippen LogP contribution in [0, 0.1) is 11.6 Å². The Kier molecular flexibility index (Phi) is 3.52. The topological polar surface area (TPSA) is 62.2 Å². The maximum atomic E-state index is 13.4. The summed E-state index contributed by atoms with van der Waals surface area (Å²) in [5, 5.41) is 13.2. The Morgan fingerprint density at radius 2 is 2.17 bits per heavy atom. The van der Waals surface area contributed by atoms with Gasteiger partial charge in [-0.15, -0.1) is 11.3 Å². The standard InChI is InChI=1S/C11H8F2N2O2S/c12-8-2-9(13)10(1-7(8)11(16)17)14-3-6-4-18-5-15-6/h1-2,4-5,14H,3H2,(H,16,17). The number of hydrogen-bond acceptors (Lipinski definition) is 4. The normalized spacial score (nSPS) is 10.3. The number of carboxylic acid groups (broad SMARTS) is 1. The van der Waals surface area contributed by atoms with E-state index in [0.717, 1.165) is 6.07 Å². The molecule has 0 bridgehead atoms. The summed E-state index contributed by atoms with van der Waals surface area (Å²) in [5.74, 6) is -3.38. The number of aromatic carboxylic acids is 1. The lowest BCUT2D eigenvalue weighted by molar-refractivity contribution is 0.0692. The van der Waals surface area contributed by atoms with Crippen molar-refractivity contribution < 1.29 is 18.7 Å². The van der Waals surface area contributed by atoms with Gasteiger partial charge in [-0.25, -0.2) is 18.6 Å². The van der Waals surface area contributed by atoms with Gasteiger partial charge in [0.25, 0.3) is 0 Å². The first kappa shape index (κ1) is 12.4. The molecule has 0 aliphatic carbocycles. The van der Waals surface area contributed by atoms with E-state index in [0.29, 0.717) is 11.8 Å². The number of hydrogen-bond donors (Lipinski definition) is 2. The third kappa shape index (κ3) is 2.62. The lowest BCUT2D eigenvalue weighted by Crippen LogP contribution is -2.06. The van der Waals surface area contributed by atoms with E-state index >= 15 is 0 Å². The Labute approximate surface area is 105 Å². The molecule has 0 unspecified atom stereocenters. The van der Waals surface area contributed by atoms with E-state index in [4.69, 9.17) is 5.11 Å². The predicted octanol–water partition coefficient (Wildman–Crippen LogP) is 2.73. The Hall–Kier alpha value is -2.02. The molecule has 2 rings (SSSR count). The molecule has 18 heavy (non-hydrogen) atoms. The number of nitrogens with zero attached hydrogens (tertiary/aromatic N) is 1. The summed E-state index contributed by atoms with van der Waals surface area (Å²) < 4.78 is 26.5. The van der Waals surface area contributed by atoms with Crippen LogP contribution in [0.5, 0.6) is 0 Å². The lowest BCUT2D eigenvalue weighted by Gasteiger charge is -2.07. The summed E-state index contributed by atoms with van der Waals surface area (Å²) in [6.45, 7) is 0.241. The van der Waals surface area contributed by atoms with Crippen molar-refractivity contribution in [3.05, 3.63) is 45.9 Å². The van der Waals surface area contributed by atoms with Crippen LogP contribution >= 0.6 is 11.3 Å². The summed E-state index contributed by atoms with van der Waals surface area (Å²) >= 11 is 1.39. The van der Waals surface area contributed by atoms with Crippen molar-refractivity contribution in [3.8, 4) is 0 Å². The lowest BCUT2D eigenvalue weighted by atomic mass is 10.2. The molecule has 1 heterocycles. The molecule has 0 saturated carbocycles. The average Bonchev–Trinajstić information content (AvgIpc) is 2.80. The van der Waals surface area contributed by atoms with Crippen LogP contribution in [0.2, 0.25) is 0 Å². The number of aromatic nitrogens is 1. The van der Waals surface area contributed by atoms with E-state index in [-0.39, 0.29) is 12.2 Å². The predicted molar refractivity (Wildman–Crippen MR) is 62.8 cm³/mol. The zero-order valence-electron chi connectivity index (χ0n) is 8.98. The number of carbonyl (C=O) groups is 1. The third-order valence-corrected chi connectivity index (χ3v) is 2.87. The smallest absolute Gasteiger partial charge is 0.338 e. The van der Waals surface area contributed by atoms with Crippen LogP contribution in [-0.2, 0) is 6.54 Å². The molecule has 0 aliphatic rings. The molecule has 2 N–H and O–H groups in total. The van der Waals surface area contributed by atoms with E-state index in [1.54, 1.807) is 10.9 Å². The number of rotatable bonds is 4. The summed E-state index contributed by atoms with van der Waals surface area (Å²) in [6.07, 6.45) is 0. The van der Waals surface area contributed by atoms with E-state index in [9.17, 15) is 13.6 Å². The summed E-state index contributed by atoms with van der Waals surface area (Å²) in [4.78, 5) is 14.7. The monoisotopic (exact) mass is 270 g/mol. The molecule has 0 saturated heterocycles. The molecule has 0 aliphatic heterocycles. The maximum Gasteiger partial charge on any atom is 0.338 e. The molecule has 0 amide bonds. The first-order valence-corrected chi connectivity index (χ1v) is 5.85. The van der Waals surface area contributed by atoms with Gasteiger partial charge in [0.1, 0.15) is 11.6 Å². The van der Waals surface area contributed by atoms with Gasteiger partial charge >= 0.3 is 5.97 Å². The van der Waals surface area contributed by atoms with E-state index in [2.05, 4.69) is 10.3 Å². The molecule has 7 heteroatoms. The second-order valence-corrected chi connectivity index (χ2v) is 4.17. The highest BCUT2D eigenvalue weighted by Crippen LogP contribution is 2.20. The number of nitrogens with one attached hydrogen (secondary N) is 1. The van der Waals surface area contributed by atoms with Gasteiger partial charge in [-0.2, -0.15) is 0 Å². The molecule has 0 atom stereocenters. The minimum absolute atomic E-state index is 0.0678. The minimum Gasteiger partial charge on any atom is -0.478 e. The minimum atomic E-state index is -1.44. The molecular formula is C11H8F2N2O2S. The zero-order chi connectivity index (χ0) is 13.1. The molecule has 1 aromatic carbocycles. The van der Waals surface area contributed by atoms with Crippen molar-refractivity contribution in [2.75, 3.05) is 5.32 Å². The first-order valence-electron chi connectivity index (χ1n) is 4.91. The average molecular weight is 270 g/mol. The van der Waals surface area contributed by atoms with Gasteiger partial charge in [0, 0.05) is 11.4 Å². The zero-order valence-corrected chi connectivity index (χ0v) is 9.80. The molecule has 1 aromatic heterocycles. The van der Waals surface area contributed by atoms with Crippen molar-refractivity contribution >= 4 is 23.0 Å². The highest BCUT2D eigenvalue weighted by molar-refractivity contribution is 7.07. The van der Waals surface area contributed by atoms with Crippen LogP contribution in [0.1, 0.15) is 16.1 Å². The van der Waals surface area contributed by atoms with Crippen LogP contribution in [0.25, 0.3) is 0 Å². The van der Waals surface area contributed by atoms with Crippen molar-refractivity contribution in [3.63, 3.8) is 0 Å². The second kappa shape index (κ2) is 5.09. The van der Waals surface area contributed by atoms with Gasteiger partial charge < -0.3 is 10.4 Å². The largest absolute Gasteiger partial charge is 0.478 e. The Balaban J connectivity index is 2.22. The molecule has 0 radical (unpaired) electrons. The Bertz CT molecular complexity index is 573. The fourth-order valence-electron chi connectivity index (χ4n) is 1.36. The molecule has 4 nitrogen and oxygen atoms in total. The van der Waals surface area contributed by atoms with Crippen LogP contribution in [-0.4, -0.2) is 16.1 Å². The fraction of sp³-hybridized carbons (Fsp3) is 0.0909. The molecular weight excluding hydrogens is 262 g/mol. The fourth-order valence-corrected chi connectivity index (χ4v) is 1.92. The van der Waals surface area contributed by atoms with Crippen molar-refractivity contribution in [1.82, 2.24) is 4.98 Å². The highest BCUT2D eigenvalue weighted by atomic mass is 32.1. The molecule has 94 valence electrons. The second-order valence-electron chi connectivity index (χ2n) is 3.45. The molecule has 0 fully saturated rings. The first-order chi connectivity index (χ1) is 8.58. The Morgan fingerprint density at radius 3 is 2.78 bits per heavy atom. The summed E-state index contributed by atoms with van der Waals surface area (Å²) in [6, 6.07) is 1.48. The van der Waals surface area contributed by atoms with E-state index < -0.39 is 23.2 Å². The van der Waals surface area contributed by atoms with Gasteiger partial charge in [0.05, 0.1) is 29.0 Å². The maximum absolute atomic E-state index is 13.4. The van der Waals surface area contributed by atoms with Crippen LogP contribution in [0.15, 0.2) is 23.0 Å². The van der Waals surface area contributed by atoms with Crippen molar-refractivity contribution in [2.24, 2.45) is 0 Å². The van der Waals surface area contributed by atoms with Gasteiger partial charge in [0.15, 0.2) is 0 Å². The number of carboxylic acids is 1. The molecule has 0 spiro atoms. The van der Waals surface area contributed by atoms with Crippen molar-refractivity contribution in [2.45, 2.75) is 6.54 Å². The van der Waals surface area contributed by atoms with E-state index in [1.807, 2.05) is 0 Å².